The van der Waals surface area contributed by atoms with Crippen LogP contribution in [0.5, 0.6) is 11.5 Å². The molecule has 0 N–H and O–H groups in total. The van der Waals surface area contributed by atoms with Gasteiger partial charge < -0.3 is 9.47 Å². The van der Waals surface area contributed by atoms with Gasteiger partial charge in [-0.15, -0.1) is 10.2 Å². The van der Waals surface area contributed by atoms with Gasteiger partial charge in [-0.1, -0.05) is 18.3 Å². The monoisotopic (exact) mass is 304 g/mol. The molecule has 0 amide bonds. The first-order chi connectivity index (χ1) is 10.3. The number of benzene rings is 1. The van der Waals surface area contributed by atoms with E-state index in [4.69, 9.17) is 9.47 Å². The zero-order valence-electron chi connectivity index (χ0n) is 12.2. The molecule has 1 aromatic carbocycles. The smallest absolute Gasteiger partial charge is 0.234 e. The van der Waals surface area contributed by atoms with E-state index in [1.54, 1.807) is 14.2 Å². The summed E-state index contributed by atoms with van der Waals surface area (Å²) in [6, 6.07) is 5.70. The molecule has 0 bridgehead atoms. The Morgan fingerprint density at radius 1 is 1.19 bits per heavy atom. The van der Waals surface area contributed by atoms with Crippen LogP contribution in [0.3, 0.4) is 0 Å². The summed E-state index contributed by atoms with van der Waals surface area (Å²) < 4.78 is 12.5. The lowest BCUT2D eigenvalue weighted by molar-refractivity contribution is 0.395. The second-order valence-electron chi connectivity index (χ2n) is 4.53. The quantitative estimate of drug-likeness (QED) is 0.725. The second-order valence-corrected chi connectivity index (χ2v) is 5.49. The van der Waals surface area contributed by atoms with Crippen molar-refractivity contribution in [1.29, 1.82) is 0 Å². The number of aromatic nitrogens is 4. The minimum atomic E-state index is 0.733. The van der Waals surface area contributed by atoms with Crippen LogP contribution in [0, 0.1) is 0 Å². The first-order valence-corrected chi connectivity index (χ1v) is 7.52. The van der Waals surface area contributed by atoms with E-state index in [1.807, 2.05) is 22.7 Å². The van der Waals surface area contributed by atoms with Crippen molar-refractivity contribution < 1.29 is 9.47 Å². The summed E-state index contributed by atoms with van der Waals surface area (Å²) in [5, 5.41) is 13.8. The molecule has 0 aliphatic heterocycles. The minimum absolute atomic E-state index is 0.733. The average Bonchev–Trinajstić information content (AvgIpc) is 3.08. The third-order valence-electron chi connectivity index (χ3n) is 3.17. The number of hydrogen-bond acceptors (Lipinski definition) is 6. The van der Waals surface area contributed by atoms with Crippen molar-refractivity contribution >= 4 is 16.3 Å². The molecule has 3 aromatic rings. The first kappa shape index (κ1) is 13.8. The Bertz CT molecular complexity index is 766. The summed E-state index contributed by atoms with van der Waals surface area (Å²) in [4.78, 5) is 0.798. The Morgan fingerprint density at radius 3 is 2.76 bits per heavy atom. The zero-order chi connectivity index (χ0) is 14.8. The van der Waals surface area contributed by atoms with Gasteiger partial charge in [-0.05, 0) is 18.6 Å². The summed E-state index contributed by atoms with van der Waals surface area (Å²) in [5.41, 5.74) is 0.927. The van der Waals surface area contributed by atoms with Gasteiger partial charge in [0.2, 0.25) is 4.96 Å². The number of nitrogens with zero attached hydrogens (tertiary/aromatic N) is 4. The molecule has 3 rings (SSSR count). The van der Waals surface area contributed by atoms with Gasteiger partial charge in [0, 0.05) is 12.5 Å². The SMILES string of the molecule is CCCc1nnc2sc(-c3ccc(OC)cc3OC)nn12. The zero-order valence-corrected chi connectivity index (χ0v) is 13.0. The van der Waals surface area contributed by atoms with E-state index in [9.17, 15) is 0 Å². The molecule has 0 unspecified atom stereocenters. The van der Waals surface area contributed by atoms with Gasteiger partial charge in [0.25, 0.3) is 0 Å². The highest BCUT2D eigenvalue weighted by Crippen LogP contribution is 2.35. The molecular weight excluding hydrogens is 288 g/mol. The number of ether oxygens (including phenoxy) is 2. The molecule has 110 valence electrons. The number of rotatable bonds is 5. The van der Waals surface area contributed by atoms with Gasteiger partial charge >= 0.3 is 0 Å². The van der Waals surface area contributed by atoms with Crippen LogP contribution < -0.4 is 9.47 Å². The minimum Gasteiger partial charge on any atom is -0.497 e. The van der Waals surface area contributed by atoms with Gasteiger partial charge in [-0.2, -0.15) is 9.61 Å². The van der Waals surface area contributed by atoms with Crippen molar-refractivity contribution in [2.24, 2.45) is 0 Å². The van der Waals surface area contributed by atoms with E-state index in [0.717, 1.165) is 45.7 Å². The Hall–Kier alpha value is -2.15. The van der Waals surface area contributed by atoms with Gasteiger partial charge in [-0.3, -0.25) is 0 Å². The molecule has 0 atom stereocenters. The lowest BCUT2D eigenvalue weighted by Gasteiger charge is -2.07. The highest BCUT2D eigenvalue weighted by molar-refractivity contribution is 7.19. The molecule has 2 heterocycles. The topological polar surface area (TPSA) is 61.5 Å². The molecule has 6 nitrogen and oxygen atoms in total. The predicted molar refractivity (Wildman–Crippen MR) is 81.2 cm³/mol. The summed E-state index contributed by atoms with van der Waals surface area (Å²) in [5.74, 6) is 2.38. The summed E-state index contributed by atoms with van der Waals surface area (Å²) in [7, 11) is 3.27. The van der Waals surface area contributed by atoms with Crippen LogP contribution in [0.4, 0.5) is 0 Å². The maximum absolute atomic E-state index is 5.43. The van der Waals surface area contributed by atoms with E-state index in [0.29, 0.717) is 0 Å². The number of aryl methyl sites for hydroxylation is 1. The maximum atomic E-state index is 5.43. The predicted octanol–water partition coefficient (Wildman–Crippen LogP) is 2.82. The van der Waals surface area contributed by atoms with Crippen LogP contribution >= 0.6 is 11.3 Å². The van der Waals surface area contributed by atoms with Crippen molar-refractivity contribution in [3.05, 3.63) is 24.0 Å². The third-order valence-corrected chi connectivity index (χ3v) is 4.10. The van der Waals surface area contributed by atoms with E-state index in [1.165, 1.54) is 11.3 Å². The highest BCUT2D eigenvalue weighted by Gasteiger charge is 2.15. The molecule has 7 heteroatoms. The number of hydrogen-bond donors (Lipinski definition) is 0. The molecule has 0 aliphatic carbocycles. The average molecular weight is 304 g/mol. The normalized spacial score (nSPS) is 11.0. The Kier molecular flexibility index (Phi) is 3.74. The lowest BCUT2D eigenvalue weighted by atomic mass is 10.2. The van der Waals surface area contributed by atoms with Gasteiger partial charge in [0.15, 0.2) is 10.8 Å². The van der Waals surface area contributed by atoms with Crippen molar-refractivity contribution in [2.75, 3.05) is 14.2 Å². The molecule has 2 aromatic heterocycles. The fraction of sp³-hybridized carbons (Fsp3) is 0.357. The number of methoxy groups -OCH3 is 2. The summed E-state index contributed by atoms with van der Waals surface area (Å²) in [6.07, 6.45) is 1.88. The Balaban J connectivity index is 2.07. The van der Waals surface area contributed by atoms with Gasteiger partial charge in [0.1, 0.15) is 11.5 Å². The van der Waals surface area contributed by atoms with Crippen molar-refractivity contribution in [3.8, 4) is 22.1 Å². The van der Waals surface area contributed by atoms with E-state index in [2.05, 4.69) is 22.2 Å². The molecular formula is C14H16N4O2S. The Morgan fingerprint density at radius 2 is 2.05 bits per heavy atom. The van der Waals surface area contributed by atoms with E-state index >= 15 is 0 Å². The highest BCUT2D eigenvalue weighted by atomic mass is 32.1. The molecule has 21 heavy (non-hydrogen) atoms. The first-order valence-electron chi connectivity index (χ1n) is 6.70. The van der Waals surface area contributed by atoms with Gasteiger partial charge in [0.05, 0.1) is 19.8 Å². The van der Waals surface area contributed by atoms with E-state index in [-0.39, 0.29) is 0 Å². The fourth-order valence-electron chi connectivity index (χ4n) is 2.12. The van der Waals surface area contributed by atoms with Crippen LogP contribution in [0.25, 0.3) is 15.5 Å². The molecule has 0 fully saturated rings. The fourth-order valence-corrected chi connectivity index (χ4v) is 3.01. The summed E-state index contributed by atoms with van der Waals surface area (Å²) in [6.45, 7) is 2.11. The molecule has 0 spiro atoms. The van der Waals surface area contributed by atoms with Gasteiger partial charge in [-0.25, -0.2) is 0 Å². The van der Waals surface area contributed by atoms with Crippen LogP contribution in [0.1, 0.15) is 19.2 Å². The maximum Gasteiger partial charge on any atom is 0.234 e. The van der Waals surface area contributed by atoms with Crippen molar-refractivity contribution in [3.63, 3.8) is 0 Å². The molecule has 0 saturated heterocycles. The lowest BCUT2D eigenvalue weighted by Crippen LogP contribution is -1.96. The summed E-state index contributed by atoms with van der Waals surface area (Å²) >= 11 is 1.50. The molecule has 0 aliphatic rings. The number of fused-ring (bicyclic) bond motifs is 1. The Labute approximate surface area is 126 Å². The molecule has 0 radical (unpaired) electrons. The molecule has 0 saturated carbocycles. The van der Waals surface area contributed by atoms with Crippen LogP contribution in [-0.4, -0.2) is 34.0 Å². The third kappa shape index (κ3) is 2.44. The van der Waals surface area contributed by atoms with E-state index < -0.39 is 0 Å². The van der Waals surface area contributed by atoms with Crippen LogP contribution in [0.2, 0.25) is 0 Å². The second kappa shape index (κ2) is 5.69. The van der Waals surface area contributed by atoms with Crippen LogP contribution in [-0.2, 0) is 6.42 Å². The standard InChI is InChI=1S/C14H16N4O2S/c1-4-5-12-15-16-14-18(12)17-13(21-14)10-7-6-9(19-2)8-11(10)20-3/h6-8H,4-5H2,1-3H3. The largest absolute Gasteiger partial charge is 0.497 e. The van der Waals surface area contributed by atoms with Crippen molar-refractivity contribution in [2.45, 2.75) is 19.8 Å². The van der Waals surface area contributed by atoms with Crippen LogP contribution in [0.15, 0.2) is 18.2 Å². The van der Waals surface area contributed by atoms with Crippen molar-refractivity contribution in [1.82, 2.24) is 19.8 Å².